The SMILES string of the molecule is CC=CC(=O)S(N)(=O)=O. The van der Waals surface area contributed by atoms with Crippen molar-refractivity contribution in [1.82, 2.24) is 0 Å². The molecule has 0 aromatic heterocycles. The van der Waals surface area contributed by atoms with Crippen LogP contribution in [0.25, 0.3) is 0 Å². The van der Waals surface area contributed by atoms with Crippen molar-refractivity contribution in [2.45, 2.75) is 6.92 Å². The Labute approximate surface area is 53.4 Å². The molecular formula is C4H7NO3S. The first-order valence-electron chi connectivity index (χ1n) is 2.18. The van der Waals surface area contributed by atoms with Crippen molar-refractivity contribution in [1.29, 1.82) is 0 Å². The van der Waals surface area contributed by atoms with E-state index in [0.29, 0.717) is 0 Å². The zero-order valence-corrected chi connectivity index (χ0v) is 5.68. The van der Waals surface area contributed by atoms with Gasteiger partial charge in [-0.05, 0) is 13.0 Å². The second-order valence-electron chi connectivity index (χ2n) is 1.36. The molecule has 0 aliphatic carbocycles. The topological polar surface area (TPSA) is 77.2 Å². The van der Waals surface area contributed by atoms with E-state index in [1.165, 1.54) is 13.0 Å². The van der Waals surface area contributed by atoms with Gasteiger partial charge in [-0.1, -0.05) is 6.08 Å². The summed E-state index contributed by atoms with van der Waals surface area (Å²) in [5, 5.41) is 3.37. The Morgan fingerprint density at radius 3 is 2.11 bits per heavy atom. The molecule has 0 fully saturated rings. The van der Waals surface area contributed by atoms with Crippen LogP contribution in [0, 0.1) is 0 Å². The van der Waals surface area contributed by atoms with E-state index in [1.807, 2.05) is 0 Å². The Bertz CT molecular complexity index is 226. The molecule has 2 N–H and O–H groups in total. The Kier molecular flexibility index (Phi) is 2.54. The van der Waals surface area contributed by atoms with Crippen LogP contribution in [0.15, 0.2) is 12.2 Å². The first kappa shape index (κ1) is 8.32. The minimum atomic E-state index is -3.99. The van der Waals surface area contributed by atoms with Gasteiger partial charge in [0.2, 0.25) is 0 Å². The number of hydrogen-bond acceptors (Lipinski definition) is 3. The van der Waals surface area contributed by atoms with Gasteiger partial charge >= 0.3 is 0 Å². The van der Waals surface area contributed by atoms with Crippen LogP contribution in [0.4, 0.5) is 0 Å². The quantitative estimate of drug-likeness (QED) is 0.504. The Morgan fingerprint density at radius 1 is 1.56 bits per heavy atom. The molecule has 9 heavy (non-hydrogen) atoms. The normalized spacial score (nSPS) is 12.2. The maximum atomic E-state index is 10.3. The zero-order chi connectivity index (χ0) is 7.49. The smallest absolute Gasteiger partial charge is 0.275 e. The van der Waals surface area contributed by atoms with Gasteiger partial charge in [-0.15, -0.1) is 0 Å². The average Bonchev–Trinajstić information content (AvgIpc) is 1.64. The van der Waals surface area contributed by atoms with Gasteiger partial charge in [0, 0.05) is 0 Å². The van der Waals surface area contributed by atoms with Crippen molar-refractivity contribution < 1.29 is 13.2 Å². The number of nitrogens with two attached hydrogens (primary N) is 1. The molecule has 0 saturated heterocycles. The molecule has 0 aromatic rings. The number of rotatable bonds is 1. The largest absolute Gasteiger partial charge is 0.283 e. The van der Waals surface area contributed by atoms with Gasteiger partial charge < -0.3 is 0 Å². The van der Waals surface area contributed by atoms with E-state index in [-0.39, 0.29) is 0 Å². The standard InChI is InChI=1S/C4H7NO3S/c1-2-3-4(6)9(5,7)8/h2-3H,1H3,(H2,5,7,8). The second kappa shape index (κ2) is 2.75. The molecule has 0 atom stereocenters. The lowest BCUT2D eigenvalue weighted by atomic mass is 10.6. The van der Waals surface area contributed by atoms with Gasteiger partial charge in [0.25, 0.3) is 15.1 Å². The van der Waals surface area contributed by atoms with Gasteiger partial charge in [0.05, 0.1) is 0 Å². The summed E-state index contributed by atoms with van der Waals surface area (Å²) in [5.41, 5.74) is 0. The summed E-state index contributed by atoms with van der Waals surface area (Å²) in [7, 11) is -3.99. The number of hydrogen-bond donors (Lipinski definition) is 1. The van der Waals surface area contributed by atoms with E-state index in [9.17, 15) is 13.2 Å². The van der Waals surface area contributed by atoms with E-state index >= 15 is 0 Å². The molecule has 0 amide bonds. The van der Waals surface area contributed by atoms with Gasteiger partial charge in [-0.25, -0.2) is 13.6 Å². The molecule has 0 aliphatic heterocycles. The third-order valence-electron chi connectivity index (χ3n) is 0.583. The molecule has 4 nitrogen and oxygen atoms in total. The minimum absolute atomic E-state index is 0.898. The van der Waals surface area contributed by atoms with E-state index in [2.05, 4.69) is 5.14 Å². The predicted octanol–water partition coefficient (Wildman–Crippen LogP) is -0.622. The highest BCUT2D eigenvalue weighted by Gasteiger charge is 2.10. The lowest BCUT2D eigenvalue weighted by Gasteiger charge is -1.85. The molecular weight excluding hydrogens is 142 g/mol. The molecule has 0 bridgehead atoms. The van der Waals surface area contributed by atoms with Crippen molar-refractivity contribution in [2.75, 3.05) is 0 Å². The number of carbonyl (C=O) groups is 1. The van der Waals surface area contributed by atoms with Gasteiger partial charge in [-0.3, -0.25) is 4.79 Å². The first-order chi connectivity index (χ1) is 3.98. The molecule has 5 heteroatoms. The number of allylic oxidation sites excluding steroid dienone is 1. The van der Waals surface area contributed by atoms with Crippen molar-refractivity contribution in [3.63, 3.8) is 0 Å². The zero-order valence-electron chi connectivity index (χ0n) is 4.87. The highest BCUT2D eigenvalue weighted by molar-refractivity contribution is 8.04. The molecule has 0 saturated carbocycles. The molecule has 0 aromatic carbocycles. The van der Waals surface area contributed by atoms with E-state index in [4.69, 9.17) is 0 Å². The Morgan fingerprint density at radius 2 is 2.00 bits per heavy atom. The van der Waals surface area contributed by atoms with E-state index in [1.54, 1.807) is 0 Å². The van der Waals surface area contributed by atoms with Crippen molar-refractivity contribution >= 4 is 15.1 Å². The third kappa shape index (κ3) is 2.99. The molecule has 0 heterocycles. The van der Waals surface area contributed by atoms with E-state index in [0.717, 1.165) is 6.08 Å². The number of sulfonamides is 1. The van der Waals surface area contributed by atoms with Crippen LogP contribution in [0.2, 0.25) is 0 Å². The van der Waals surface area contributed by atoms with Gasteiger partial charge in [-0.2, -0.15) is 0 Å². The molecule has 0 spiro atoms. The van der Waals surface area contributed by atoms with Crippen molar-refractivity contribution in [3.05, 3.63) is 12.2 Å². The summed E-state index contributed by atoms with van der Waals surface area (Å²) in [5.74, 6) is 0. The molecule has 0 unspecified atom stereocenters. The molecule has 52 valence electrons. The summed E-state index contributed by atoms with van der Waals surface area (Å²) in [6.45, 7) is 1.53. The summed E-state index contributed by atoms with van der Waals surface area (Å²) in [6.07, 6.45) is 2.21. The van der Waals surface area contributed by atoms with Crippen LogP contribution >= 0.6 is 0 Å². The van der Waals surface area contributed by atoms with Crippen LogP contribution < -0.4 is 5.14 Å². The Balaban J connectivity index is 4.45. The average molecular weight is 149 g/mol. The first-order valence-corrected chi connectivity index (χ1v) is 3.72. The lowest BCUT2D eigenvalue weighted by molar-refractivity contribution is -0.107. The highest BCUT2D eigenvalue weighted by atomic mass is 32.2. The number of primary sulfonamides is 1. The van der Waals surface area contributed by atoms with Gasteiger partial charge in [0.15, 0.2) is 0 Å². The summed E-state index contributed by atoms with van der Waals surface area (Å²) < 4.78 is 20.2. The van der Waals surface area contributed by atoms with Crippen LogP contribution in [0.3, 0.4) is 0 Å². The van der Waals surface area contributed by atoms with Crippen molar-refractivity contribution in [3.8, 4) is 0 Å². The molecule has 0 aliphatic rings. The third-order valence-corrected chi connectivity index (χ3v) is 1.28. The van der Waals surface area contributed by atoms with Crippen LogP contribution in [-0.2, 0) is 14.8 Å². The fourth-order valence-corrected chi connectivity index (χ4v) is 0.557. The molecule has 0 radical (unpaired) electrons. The molecule has 0 rings (SSSR count). The van der Waals surface area contributed by atoms with Gasteiger partial charge in [0.1, 0.15) is 0 Å². The van der Waals surface area contributed by atoms with E-state index < -0.39 is 15.1 Å². The summed E-state index contributed by atoms with van der Waals surface area (Å²) >= 11 is 0. The maximum Gasteiger partial charge on any atom is 0.283 e. The van der Waals surface area contributed by atoms with Crippen LogP contribution in [-0.4, -0.2) is 13.5 Å². The fourth-order valence-electron chi connectivity index (χ4n) is 0.231. The van der Waals surface area contributed by atoms with Crippen LogP contribution in [0.1, 0.15) is 6.92 Å². The minimum Gasteiger partial charge on any atom is -0.275 e. The van der Waals surface area contributed by atoms with Crippen LogP contribution in [0.5, 0.6) is 0 Å². The second-order valence-corrected chi connectivity index (χ2v) is 2.86. The lowest BCUT2D eigenvalue weighted by Crippen LogP contribution is -2.20. The predicted molar refractivity (Wildman–Crippen MR) is 32.9 cm³/mol. The monoisotopic (exact) mass is 149 g/mol. The number of carbonyl (C=O) groups excluding carboxylic acids is 1. The summed E-state index contributed by atoms with van der Waals surface area (Å²) in [6, 6.07) is 0. The summed E-state index contributed by atoms with van der Waals surface area (Å²) in [4.78, 5) is 10.3. The fraction of sp³-hybridized carbons (Fsp3) is 0.250. The highest BCUT2D eigenvalue weighted by Crippen LogP contribution is 1.82. The maximum absolute atomic E-state index is 10.3. The Hall–Kier alpha value is -0.680. The van der Waals surface area contributed by atoms with Crippen molar-refractivity contribution in [2.24, 2.45) is 5.14 Å².